The highest BCUT2D eigenvalue weighted by molar-refractivity contribution is 6.05. The summed E-state index contributed by atoms with van der Waals surface area (Å²) in [7, 11) is 0. The number of ether oxygens (including phenoxy) is 1. The number of fused-ring (bicyclic) bond motifs is 1. The lowest BCUT2D eigenvalue weighted by Gasteiger charge is -2.33. The largest absolute Gasteiger partial charge is 0.479 e. The molecule has 27 heavy (non-hydrogen) atoms. The molecule has 1 heterocycles. The number of nitrogens with one attached hydrogen (secondary N) is 1. The van der Waals surface area contributed by atoms with Crippen LogP contribution in [0.1, 0.15) is 30.6 Å². The van der Waals surface area contributed by atoms with Crippen LogP contribution in [-0.2, 0) is 4.79 Å². The van der Waals surface area contributed by atoms with E-state index in [4.69, 9.17) is 4.74 Å². The van der Waals surface area contributed by atoms with Gasteiger partial charge >= 0.3 is 0 Å². The molecule has 140 valence electrons. The van der Waals surface area contributed by atoms with Gasteiger partial charge in [0, 0.05) is 36.0 Å². The van der Waals surface area contributed by atoms with Crippen molar-refractivity contribution in [3.8, 4) is 5.75 Å². The minimum Gasteiger partial charge on any atom is -0.479 e. The van der Waals surface area contributed by atoms with Gasteiger partial charge in [-0.3, -0.25) is 19.7 Å². The van der Waals surface area contributed by atoms with Crippen molar-refractivity contribution in [2.75, 3.05) is 16.8 Å². The molecule has 2 amide bonds. The summed E-state index contributed by atoms with van der Waals surface area (Å²) in [5, 5.41) is 13.4. The molecule has 0 aromatic heterocycles. The Labute approximate surface area is 155 Å². The molecular weight excluding hydrogens is 350 g/mol. The number of nitro benzene ring substituents is 1. The highest BCUT2D eigenvalue weighted by Crippen LogP contribution is 2.36. The van der Waals surface area contributed by atoms with Crippen molar-refractivity contribution in [2.24, 2.45) is 0 Å². The monoisotopic (exact) mass is 369 g/mol. The number of carbonyl (C=O) groups is 2. The van der Waals surface area contributed by atoms with Crippen LogP contribution in [0.3, 0.4) is 0 Å². The molecule has 0 saturated carbocycles. The second-order valence-electron chi connectivity index (χ2n) is 6.19. The van der Waals surface area contributed by atoms with E-state index < -0.39 is 16.9 Å². The standard InChI is InChI=1S/C19H19N3O5/c1-3-10-21-16-9-6-14(11-17(16)27-12(2)19(21)24)20-18(23)13-4-7-15(8-5-13)22(25)26/h4-9,11-12H,3,10H2,1-2H3,(H,20,23). The molecule has 0 aliphatic carbocycles. The Hall–Kier alpha value is -3.42. The van der Waals surface area contributed by atoms with E-state index in [-0.39, 0.29) is 11.6 Å². The van der Waals surface area contributed by atoms with E-state index in [9.17, 15) is 19.7 Å². The minimum absolute atomic E-state index is 0.0802. The molecule has 0 fully saturated rings. The van der Waals surface area contributed by atoms with Gasteiger partial charge in [0.15, 0.2) is 6.10 Å². The summed E-state index contributed by atoms with van der Waals surface area (Å²) >= 11 is 0. The fourth-order valence-electron chi connectivity index (χ4n) is 2.88. The second kappa shape index (κ2) is 7.45. The first-order valence-corrected chi connectivity index (χ1v) is 8.58. The first-order chi connectivity index (χ1) is 12.9. The number of amides is 2. The van der Waals surface area contributed by atoms with E-state index in [1.165, 1.54) is 24.3 Å². The van der Waals surface area contributed by atoms with Crippen molar-refractivity contribution in [2.45, 2.75) is 26.4 Å². The van der Waals surface area contributed by atoms with Gasteiger partial charge in [0.2, 0.25) is 0 Å². The van der Waals surface area contributed by atoms with Gasteiger partial charge < -0.3 is 15.0 Å². The highest BCUT2D eigenvalue weighted by Gasteiger charge is 2.31. The van der Waals surface area contributed by atoms with Crippen molar-refractivity contribution in [1.82, 2.24) is 0 Å². The lowest BCUT2D eigenvalue weighted by molar-refractivity contribution is -0.384. The molecule has 8 nitrogen and oxygen atoms in total. The van der Waals surface area contributed by atoms with Gasteiger partial charge in [0.1, 0.15) is 5.75 Å². The van der Waals surface area contributed by atoms with Crippen molar-refractivity contribution in [3.05, 3.63) is 58.1 Å². The zero-order valence-corrected chi connectivity index (χ0v) is 15.0. The normalized spacial score (nSPS) is 15.7. The maximum atomic E-state index is 12.4. The predicted molar refractivity (Wildman–Crippen MR) is 100 cm³/mol. The average molecular weight is 369 g/mol. The Morgan fingerprint density at radius 3 is 2.59 bits per heavy atom. The molecule has 1 aliphatic rings. The first kappa shape index (κ1) is 18.4. The highest BCUT2D eigenvalue weighted by atomic mass is 16.6. The molecule has 0 saturated heterocycles. The zero-order chi connectivity index (χ0) is 19.6. The summed E-state index contributed by atoms with van der Waals surface area (Å²) in [5.41, 5.74) is 1.40. The lowest BCUT2D eigenvalue weighted by atomic mass is 10.1. The zero-order valence-electron chi connectivity index (χ0n) is 15.0. The summed E-state index contributed by atoms with van der Waals surface area (Å²) in [6, 6.07) is 10.4. The number of nitro groups is 1. The van der Waals surface area contributed by atoms with Crippen LogP contribution in [0.15, 0.2) is 42.5 Å². The molecule has 1 atom stereocenters. The number of anilines is 2. The van der Waals surface area contributed by atoms with Crippen molar-refractivity contribution < 1.29 is 19.2 Å². The average Bonchev–Trinajstić information content (AvgIpc) is 2.65. The third-order valence-electron chi connectivity index (χ3n) is 4.21. The molecule has 0 radical (unpaired) electrons. The Bertz CT molecular complexity index is 895. The Morgan fingerprint density at radius 2 is 1.96 bits per heavy atom. The van der Waals surface area contributed by atoms with E-state index >= 15 is 0 Å². The van der Waals surface area contributed by atoms with Gasteiger partial charge in [-0.15, -0.1) is 0 Å². The molecule has 8 heteroatoms. The number of non-ortho nitro benzene ring substituents is 1. The lowest BCUT2D eigenvalue weighted by Crippen LogP contribution is -2.44. The fourth-order valence-corrected chi connectivity index (χ4v) is 2.88. The van der Waals surface area contributed by atoms with Gasteiger partial charge in [-0.1, -0.05) is 6.92 Å². The molecule has 0 bridgehead atoms. The van der Waals surface area contributed by atoms with Crippen molar-refractivity contribution >= 4 is 28.9 Å². The number of hydrogen-bond donors (Lipinski definition) is 1. The topological polar surface area (TPSA) is 102 Å². The molecule has 2 aromatic carbocycles. The molecule has 1 N–H and O–H groups in total. The maximum absolute atomic E-state index is 12.4. The number of hydrogen-bond acceptors (Lipinski definition) is 5. The predicted octanol–water partition coefficient (Wildman–Crippen LogP) is 3.37. The quantitative estimate of drug-likeness (QED) is 0.643. The Morgan fingerprint density at radius 1 is 1.26 bits per heavy atom. The Balaban J connectivity index is 1.80. The fraction of sp³-hybridized carbons (Fsp3) is 0.263. The van der Waals surface area contributed by atoms with Crippen LogP contribution in [0, 0.1) is 10.1 Å². The molecule has 2 aromatic rings. The maximum Gasteiger partial charge on any atom is 0.269 e. The van der Waals surface area contributed by atoms with Crippen LogP contribution < -0.4 is 15.0 Å². The Kier molecular flexibility index (Phi) is 5.07. The third kappa shape index (κ3) is 3.74. The van der Waals surface area contributed by atoms with Crippen LogP contribution in [-0.4, -0.2) is 29.4 Å². The second-order valence-corrected chi connectivity index (χ2v) is 6.19. The third-order valence-corrected chi connectivity index (χ3v) is 4.21. The van der Waals surface area contributed by atoms with E-state index in [0.717, 1.165) is 6.42 Å². The van der Waals surface area contributed by atoms with E-state index in [1.54, 1.807) is 30.0 Å². The van der Waals surface area contributed by atoms with E-state index in [2.05, 4.69) is 5.32 Å². The molecule has 1 unspecified atom stereocenters. The summed E-state index contributed by atoms with van der Waals surface area (Å²) in [6.45, 7) is 4.27. The molecule has 0 spiro atoms. The summed E-state index contributed by atoms with van der Waals surface area (Å²) in [5.74, 6) is 0.0410. The van der Waals surface area contributed by atoms with Crippen LogP contribution in [0.25, 0.3) is 0 Å². The van der Waals surface area contributed by atoms with Crippen LogP contribution in [0.4, 0.5) is 17.1 Å². The van der Waals surface area contributed by atoms with Crippen LogP contribution >= 0.6 is 0 Å². The SMILES string of the molecule is CCCN1C(=O)C(C)Oc2cc(NC(=O)c3ccc([N+](=O)[O-])cc3)ccc21. The van der Waals surface area contributed by atoms with Gasteiger partial charge in [0.25, 0.3) is 17.5 Å². The van der Waals surface area contributed by atoms with E-state index in [0.29, 0.717) is 29.2 Å². The molecular formula is C19H19N3O5. The van der Waals surface area contributed by atoms with Crippen LogP contribution in [0.2, 0.25) is 0 Å². The minimum atomic E-state index is -0.593. The van der Waals surface area contributed by atoms with Crippen molar-refractivity contribution in [1.29, 1.82) is 0 Å². The molecule has 3 rings (SSSR count). The summed E-state index contributed by atoms with van der Waals surface area (Å²) < 4.78 is 5.67. The van der Waals surface area contributed by atoms with Gasteiger partial charge in [-0.25, -0.2) is 0 Å². The smallest absolute Gasteiger partial charge is 0.269 e. The number of nitrogens with zero attached hydrogens (tertiary/aromatic N) is 2. The summed E-state index contributed by atoms with van der Waals surface area (Å²) in [6.07, 6.45) is 0.223. The van der Waals surface area contributed by atoms with Gasteiger partial charge in [-0.2, -0.15) is 0 Å². The molecule has 1 aliphatic heterocycles. The van der Waals surface area contributed by atoms with Crippen molar-refractivity contribution in [3.63, 3.8) is 0 Å². The first-order valence-electron chi connectivity index (χ1n) is 8.58. The van der Waals surface area contributed by atoms with E-state index in [1.807, 2.05) is 6.92 Å². The van der Waals surface area contributed by atoms with Crippen LogP contribution in [0.5, 0.6) is 5.75 Å². The summed E-state index contributed by atoms with van der Waals surface area (Å²) in [4.78, 5) is 36.5. The van der Waals surface area contributed by atoms with Gasteiger partial charge in [-0.05, 0) is 37.6 Å². The number of benzene rings is 2. The van der Waals surface area contributed by atoms with Gasteiger partial charge in [0.05, 0.1) is 10.6 Å². The number of rotatable bonds is 5. The number of carbonyl (C=O) groups excluding carboxylic acids is 2.